The molecule has 0 aromatic carbocycles. The normalized spacial score (nSPS) is 26.4. The summed E-state index contributed by atoms with van der Waals surface area (Å²) in [6.45, 7) is 13.9. The Hall–Kier alpha value is -1.81. The van der Waals surface area contributed by atoms with Crippen LogP contribution in [0.25, 0.3) is 0 Å². The number of nitrogens with one attached hydrogen (secondary N) is 4. The van der Waals surface area contributed by atoms with Crippen molar-refractivity contribution < 1.29 is 18.9 Å². The Morgan fingerprint density at radius 3 is 2.18 bits per heavy atom. The number of hydrogen-bond acceptors (Lipinski definition) is 5. The van der Waals surface area contributed by atoms with Crippen molar-refractivity contribution in [2.75, 3.05) is 6.54 Å². The molecule has 10 heteroatoms. The lowest BCUT2D eigenvalue weighted by molar-refractivity contribution is -0.199. The second-order valence-electron chi connectivity index (χ2n) is 15.1. The van der Waals surface area contributed by atoms with Gasteiger partial charge in [-0.3, -0.25) is 15.0 Å². The number of guanidine groups is 1. The van der Waals surface area contributed by atoms with Gasteiger partial charge in [-0.15, -0.1) is 0 Å². The van der Waals surface area contributed by atoms with Crippen LogP contribution in [0, 0.1) is 28.6 Å². The van der Waals surface area contributed by atoms with Crippen LogP contribution in [-0.4, -0.2) is 55.1 Å². The fourth-order valence-electron chi connectivity index (χ4n) is 7.94. The van der Waals surface area contributed by atoms with Gasteiger partial charge in [-0.25, -0.2) is 0 Å². The van der Waals surface area contributed by atoms with E-state index >= 15 is 0 Å². The molecule has 4 aliphatic rings. The highest BCUT2D eigenvalue weighted by Gasteiger charge is 2.68. The van der Waals surface area contributed by atoms with E-state index in [4.69, 9.17) is 20.5 Å². The Kier molecular flexibility index (Phi) is 14.3. The summed E-state index contributed by atoms with van der Waals surface area (Å²) in [4.78, 5) is 26.7. The molecule has 4 rings (SSSR count). The summed E-state index contributed by atoms with van der Waals surface area (Å²) in [7, 11) is -0.506. The number of nitrogens with two attached hydrogens (primary N) is 1. The maximum absolute atomic E-state index is 13.7. The topological polar surface area (TPSA) is 139 Å². The molecule has 0 aromatic rings. The van der Waals surface area contributed by atoms with Crippen LogP contribution in [0.1, 0.15) is 144 Å². The predicted molar refractivity (Wildman–Crippen MR) is 179 cm³/mol. The van der Waals surface area contributed by atoms with Crippen molar-refractivity contribution in [3.05, 3.63) is 0 Å². The van der Waals surface area contributed by atoms with E-state index in [1.807, 2.05) is 0 Å². The molecule has 6 N–H and O–H groups in total. The molecule has 0 aromatic heterocycles. The standard InChI is InChI=1S/C34H64BN5O4/c1-7-8-9-10-11-12-13-14-15-16-19-30(41)39-26(18-17-20-38-32(36)37)31(42)40-29(21-24(2)3)35-43-28-23-25-22-27(33(25,4)5)34(28,6)44-35/h24-29H,7-23H2,1-6H3,(H,39,41)(H,40,42)(H4,36,37,38)/t25-,26-,27-,28+,29-,34-/m0/s1. The SMILES string of the molecule is CCCCCCCCCCCCC(=O)N[C@@H](CCCNC(=N)N)C(=O)N[C@@H](CC(C)C)B1O[C@@H]2C[C@@H]3C[C@@H](C3(C)C)[C@]2(C)O1. The minimum absolute atomic E-state index is 0.0463. The van der Waals surface area contributed by atoms with E-state index in [1.165, 1.54) is 51.4 Å². The highest BCUT2D eigenvalue weighted by atomic mass is 16.7. The maximum atomic E-state index is 13.7. The Labute approximate surface area is 268 Å². The van der Waals surface area contributed by atoms with Crippen LogP contribution in [0.4, 0.5) is 0 Å². The number of hydrogen-bond donors (Lipinski definition) is 5. The molecule has 4 fully saturated rings. The third-order valence-electron chi connectivity index (χ3n) is 10.7. The van der Waals surface area contributed by atoms with Gasteiger partial charge in [-0.05, 0) is 68.6 Å². The first-order valence-corrected chi connectivity index (χ1v) is 17.9. The number of carbonyl (C=O) groups excluding carboxylic acids is 2. The zero-order valence-electron chi connectivity index (χ0n) is 28.8. The van der Waals surface area contributed by atoms with E-state index in [9.17, 15) is 9.59 Å². The lowest BCUT2D eigenvalue weighted by Gasteiger charge is -2.64. The van der Waals surface area contributed by atoms with Gasteiger partial charge < -0.3 is 31.0 Å². The lowest BCUT2D eigenvalue weighted by Crippen LogP contribution is -2.65. The van der Waals surface area contributed by atoms with Crippen LogP contribution in [0.3, 0.4) is 0 Å². The predicted octanol–water partition coefficient (Wildman–Crippen LogP) is 5.84. The fourth-order valence-corrected chi connectivity index (χ4v) is 7.94. The molecule has 0 unspecified atom stereocenters. The molecule has 1 heterocycles. The zero-order chi connectivity index (χ0) is 32.3. The van der Waals surface area contributed by atoms with E-state index in [2.05, 4.69) is 57.5 Å². The first-order valence-electron chi connectivity index (χ1n) is 17.9. The second-order valence-corrected chi connectivity index (χ2v) is 15.1. The number of amides is 2. The summed E-state index contributed by atoms with van der Waals surface area (Å²) >= 11 is 0. The van der Waals surface area contributed by atoms with Gasteiger partial charge in [0, 0.05) is 13.0 Å². The summed E-state index contributed by atoms with van der Waals surface area (Å²) < 4.78 is 13.3. The van der Waals surface area contributed by atoms with Gasteiger partial charge in [-0.1, -0.05) is 92.4 Å². The second kappa shape index (κ2) is 17.2. The van der Waals surface area contributed by atoms with E-state index in [-0.39, 0.29) is 40.8 Å². The first-order chi connectivity index (χ1) is 20.9. The van der Waals surface area contributed by atoms with Crippen LogP contribution >= 0.6 is 0 Å². The van der Waals surface area contributed by atoms with Crippen molar-refractivity contribution >= 4 is 24.9 Å². The zero-order valence-corrected chi connectivity index (χ0v) is 28.8. The van der Waals surface area contributed by atoms with Crippen LogP contribution in [0.5, 0.6) is 0 Å². The van der Waals surface area contributed by atoms with Crippen molar-refractivity contribution in [3.8, 4) is 0 Å². The van der Waals surface area contributed by atoms with Gasteiger partial charge in [0.2, 0.25) is 11.8 Å². The molecule has 2 amide bonds. The molecule has 0 spiro atoms. The first kappa shape index (κ1) is 36.7. The van der Waals surface area contributed by atoms with Gasteiger partial charge in [0.1, 0.15) is 6.04 Å². The van der Waals surface area contributed by atoms with E-state index < -0.39 is 13.2 Å². The molecular weight excluding hydrogens is 553 g/mol. The largest absolute Gasteiger partial charge is 0.481 e. The van der Waals surface area contributed by atoms with Gasteiger partial charge >= 0.3 is 7.12 Å². The van der Waals surface area contributed by atoms with Crippen molar-refractivity contribution in [2.45, 2.75) is 168 Å². The average molecular weight is 618 g/mol. The number of carbonyl (C=O) groups is 2. The number of rotatable bonds is 21. The van der Waals surface area contributed by atoms with E-state index in [1.54, 1.807) is 0 Å². The highest BCUT2D eigenvalue weighted by Crippen LogP contribution is 2.65. The molecule has 3 saturated carbocycles. The Morgan fingerprint density at radius 1 is 0.955 bits per heavy atom. The molecule has 3 aliphatic carbocycles. The lowest BCUT2D eigenvalue weighted by atomic mass is 9.43. The van der Waals surface area contributed by atoms with E-state index in [0.29, 0.717) is 43.6 Å². The van der Waals surface area contributed by atoms with Crippen LogP contribution < -0.4 is 21.7 Å². The molecule has 6 atom stereocenters. The molecule has 44 heavy (non-hydrogen) atoms. The van der Waals surface area contributed by atoms with Gasteiger partial charge in [0.25, 0.3) is 0 Å². The Morgan fingerprint density at radius 2 is 1.59 bits per heavy atom. The molecule has 1 saturated heterocycles. The van der Waals surface area contributed by atoms with Crippen LogP contribution in [-0.2, 0) is 18.9 Å². The summed E-state index contributed by atoms with van der Waals surface area (Å²) in [5.74, 6) is 0.750. The highest BCUT2D eigenvalue weighted by molar-refractivity contribution is 6.48. The average Bonchev–Trinajstić information content (AvgIpc) is 3.32. The van der Waals surface area contributed by atoms with Crippen LogP contribution in [0.2, 0.25) is 0 Å². The van der Waals surface area contributed by atoms with E-state index in [0.717, 1.165) is 32.1 Å². The minimum atomic E-state index is -0.667. The van der Waals surface area contributed by atoms with Crippen molar-refractivity contribution in [1.82, 2.24) is 16.0 Å². The summed E-state index contributed by atoms with van der Waals surface area (Å²) in [6.07, 6.45) is 16.5. The summed E-state index contributed by atoms with van der Waals surface area (Å²) in [5, 5.41) is 16.5. The molecule has 252 valence electrons. The minimum Gasteiger partial charge on any atom is -0.404 e. The fraction of sp³-hybridized carbons (Fsp3) is 0.912. The van der Waals surface area contributed by atoms with Crippen molar-refractivity contribution in [2.24, 2.45) is 28.9 Å². The maximum Gasteiger partial charge on any atom is 0.481 e. The van der Waals surface area contributed by atoms with Crippen molar-refractivity contribution in [1.29, 1.82) is 5.41 Å². The molecule has 1 aliphatic heterocycles. The van der Waals surface area contributed by atoms with Gasteiger partial charge in [-0.2, -0.15) is 0 Å². The number of unbranched alkanes of at least 4 members (excludes halogenated alkanes) is 9. The Balaban J connectivity index is 1.53. The molecule has 0 radical (unpaired) electrons. The smallest absolute Gasteiger partial charge is 0.404 e. The van der Waals surface area contributed by atoms with Crippen LogP contribution in [0.15, 0.2) is 0 Å². The van der Waals surface area contributed by atoms with Gasteiger partial charge in [0.05, 0.1) is 17.6 Å². The molecule has 9 nitrogen and oxygen atoms in total. The summed E-state index contributed by atoms with van der Waals surface area (Å²) in [5.41, 5.74) is 5.35. The molecular formula is C34H64BN5O4. The monoisotopic (exact) mass is 618 g/mol. The third-order valence-corrected chi connectivity index (χ3v) is 10.7. The Bertz CT molecular complexity index is 933. The quantitative estimate of drug-likeness (QED) is 0.0475. The molecule has 2 bridgehead atoms. The van der Waals surface area contributed by atoms with Crippen molar-refractivity contribution in [3.63, 3.8) is 0 Å². The summed E-state index contributed by atoms with van der Waals surface area (Å²) in [6, 6.07) is -0.667. The van der Waals surface area contributed by atoms with Gasteiger partial charge in [0.15, 0.2) is 5.96 Å². The third kappa shape index (κ3) is 10.1.